The Balaban J connectivity index is 2.84. The lowest BCUT2D eigenvalue weighted by molar-refractivity contribution is 0.0970. The molecular weight excluding hydrogens is 324 g/mol. The van der Waals surface area contributed by atoms with E-state index in [0.29, 0.717) is 46.9 Å². The van der Waals surface area contributed by atoms with E-state index in [1.165, 1.54) is 0 Å². The third-order valence-corrected chi connectivity index (χ3v) is 4.60. The zero-order valence-corrected chi connectivity index (χ0v) is 16.0. The van der Waals surface area contributed by atoms with Crippen LogP contribution in [-0.4, -0.2) is 17.3 Å². The van der Waals surface area contributed by atoms with Crippen LogP contribution in [0, 0.1) is 6.92 Å². The molecule has 0 saturated carbocycles. The first kappa shape index (κ1) is 20.0. The lowest BCUT2D eigenvalue weighted by Crippen LogP contribution is -2.10. The van der Waals surface area contributed by atoms with Crippen molar-refractivity contribution in [3.05, 3.63) is 53.4 Å². The van der Waals surface area contributed by atoms with Crippen LogP contribution in [0.15, 0.2) is 24.3 Å². The van der Waals surface area contributed by atoms with Crippen molar-refractivity contribution in [2.24, 2.45) is 0 Å². The first-order chi connectivity index (χ1) is 12.5. The highest BCUT2D eigenvalue weighted by Gasteiger charge is 2.21. The molecule has 0 aromatic heterocycles. The van der Waals surface area contributed by atoms with Crippen LogP contribution < -0.4 is 0 Å². The van der Waals surface area contributed by atoms with Crippen LogP contribution in [0.3, 0.4) is 0 Å². The highest BCUT2D eigenvalue weighted by Crippen LogP contribution is 2.31. The van der Waals surface area contributed by atoms with Crippen molar-refractivity contribution in [3.63, 3.8) is 0 Å². The lowest BCUT2D eigenvalue weighted by Gasteiger charge is -2.16. The maximum absolute atomic E-state index is 12.7. The molecule has 0 aliphatic carbocycles. The van der Waals surface area contributed by atoms with Gasteiger partial charge in [-0.3, -0.25) is 14.4 Å². The molecule has 3 nitrogen and oxygen atoms in total. The number of hydrogen-bond acceptors (Lipinski definition) is 3. The molecule has 0 bridgehead atoms. The molecule has 0 spiro atoms. The fourth-order valence-corrected chi connectivity index (χ4v) is 3.34. The monoisotopic (exact) mass is 351 g/mol. The van der Waals surface area contributed by atoms with Gasteiger partial charge in [0.25, 0.3) is 0 Å². The Morgan fingerprint density at radius 2 is 1.27 bits per heavy atom. The van der Waals surface area contributed by atoms with Gasteiger partial charge in [0.15, 0.2) is 17.3 Å². The summed E-state index contributed by atoms with van der Waals surface area (Å²) >= 11 is 0. The molecule has 0 aliphatic rings. The van der Waals surface area contributed by atoms with E-state index < -0.39 is 0 Å². The minimum atomic E-state index is -0.0253. The van der Waals surface area contributed by atoms with E-state index in [1.807, 2.05) is 26.8 Å². The van der Waals surface area contributed by atoms with Crippen molar-refractivity contribution in [1.82, 2.24) is 0 Å². The van der Waals surface area contributed by atoms with Gasteiger partial charge in [-0.25, -0.2) is 0 Å². The van der Waals surface area contributed by atoms with Crippen molar-refractivity contribution >= 4 is 28.1 Å². The Bertz CT molecular complexity index is 846. The molecule has 2 rings (SSSR count). The van der Waals surface area contributed by atoms with E-state index in [2.05, 4.69) is 6.92 Å². The Morgan fingerprint density at radius 1 is 0.769 bits per heavy atom. The Labute approximate surface area is 155 Å². The van der Waals surface area contributed by atoms with Crippen LogP contribution >= 0.6 is 0 Å². The van der Waals surface area contributed by atoms with Crippen molar-refractivity contribution in [2.45, 2.75) is 59.3 Å². The van der Waals surface area contributed by atoms with Gasteiger partial charge in [-0.1, -0.05) is 39.0 Å². The van der Waals surface area contributed by atoms with Gasteiger partial charge in [0.2, 0.25) is 0 Å². The van der Waals surface area contributed by atoms with Gasteiger partial charge in [-0.2, -0.15) is 0 Å². The second-order valence-electron chi connectivity index (χ2n) is 6.70. The zero-order valence-electron chi connectivity index (χ0n) is 16.0. The molecule has 2 aromatic carbocycles. The quantitative estimate of drug-likeness (QED) is 0.523. The molecule has 0 atom stereocenters. The standard InChI is InChI=1S/C23H27O3/c1-5-9-20(24)17-13-8-12-16-19(22(26)11-7-3)14-18(15(4)23(16)17)21(25)10-6-2/h8,12-14H,4-7,9-11H2,1-3H3. The second kappa shape index (κ2) is 8.88. The molecule has 0 saturated heterocycles. The maximum Gasteiger partial charge on any atom is 0.163 e. The van der Waals surface area contributed by atoms with Gasteiger partial charge in [0.05, 0.1) is 0 Å². The predicted octanol–water partition coefficient (Wildman–Crippen LogP) is 5.97. The lowest BCUT2D eigenvalue weighted by atomic mass is 9.86. The molecule has 0 aliphatic heterocycles. The maximum atomic E-state index is 12.7. The minimum Gasteiger partial charge on any atom is -0.294 e. The van der Waals surface area contributed by atoms with Crippen LogP contribution in [0.25, 0.3) is 10.8 Å². The van der Waals surface area contributed by atoms with Crippen LogP contribution in [0.1, 0.15) is 95.9 Å². The normalized spacial score (nSPS) is 10.9. The first-order valence-electron chi connectivity index (χ1n) is 9.47. The molecule has 3 heteroatoms. The number of carbonyl (C=O) groups is 3. The average Bonchev–Trinajstić information content (AvgIpc) is 2.62. The van der Waals surface area contributed by atoms with Crippen molar-refractivity contribution in [1.29, 1.82) is 0 Å². The molecule has 0 unspecified atom stereocenters. The van der Waals surface area contributed by atoms with Crippen LogP contribution in [0.5, 0.6) is 0 Å². The molecule has 0 amide bonds. The summed E-state index contributed by atoms with van der Waals surface area (Å²) in [4.78, 5) is 37.9. The van der Waals surface area contributed by atoms with Gasteiger partial charge in [0.1, 0.15) is 0 Å². The van der Waals surface area contributed by atoms with E-state index in [4.69, 9.17) is 0 Å². The Kier molecular flexibility index (Phi) is 6.84. The van der Waals surface area contributed by atoms with E-state index in [9.17, 15) is 14.4 Å². The predicted molar refractivity (Wildman–Crippen MR) is 106 cm³/mol. The molecule has 0 heterocycles. The summed E-state index contributed by atoms with van der Waals surface area (Å²) in [6.45, 7) is 9.98. The number of benzene rings is 2. The van der Waals surface area contributed by atoms with E-state index in [-0.39, 0.29) is 17.3 Å². The van der Waals surface area contributed by atoms with E-state index in [0.717, 1.165) is 24.6 Å². The van der Waals surface area contributed by atoms with E-state index in [1.54, 1.807) is 18.2 Å². The average molecular weight is 351 g/mol. The summed E-state index contributed by atoms with van der Waals surface area (Å²) in [5.74, 6) is 0.00260. The number of Topliss-reactive ketones (excluding diaryl/α,β-unsaturated/α-hetero) is 3. The van der Waals surface area contributed by atoms with Crippen molar-refractivity contribution in [2.75, 3.05) is 0 Å². The third kappa shape index (κ3) is 3.92. The summed E-state index contributed by atoms with van der Waals surface area (Å²) in [7, 11) is 0. The Hall–Kier alpha value is -2.29. The fourth-order valence-electron chi connectivity index (χ4n) is 3.34. The summed E-state index contributed by atoms with van der Waals surface area (Å²) in [5, 5.41) is 1.39. The number of ketones is 3. The number of fused-ring (bicyclic) bond motifs is 1. The highest BCUT2D eigenvalue weighted by molar-refractivity contribution is 6.18. The van der Waals surface area contributed by atoms with Gasteiger partial charge in [0, 0.05) is 36.0 Å². The molecule has 1 radical (unpaired) electrons. The minimum absolute atomic E-state index is 0.00291. The summed E-state index contributed by atoms with van der Waals surface area (Å²) in [5.41, 5.74) is 2.12. The molecular formula is C23H27O3. The van der Waals surface area contributed by atoms with Gasteiger partial charge in [-0.05, 0) is 48.6 Å². The molecule has 2 aromatic rings. The smallest absolute Gasteiger partial charge is 0.163 e. The summed E-state index contributed by atoms with van der Waals surface area (Å²) in [6.07, 6.45) is 3.46. The topological polar surface area (TPSA) is 51.2 Å². The van der Waals surface area contributed by atoms with Crippen molar-refractivity contribution < 1.29 is 14.4 Å². The summed E-state index contributed by atoms with van der Waals surface area (Å²) in [6, 6.07) is 7.12. The van der Waals surface area contributed by atoms with E-state index >= 15 is 0 Å². The molecule has 0 N–H and O–H groups in total. The van der Waals surface area contributed by atoms with Gasteiger partial charge >= 0.3 is 0 Å². The van der Waals surface area contributed by atoms with Crippen LogP contribution in [0.2, 0.25) is 0 Å². The Morgan fingerprint density at radius 3 is 1.81 bits per heavy atom. The molecule has 0 fully saturated rings. The SMILES string of the molecule is [CH2]c1c(C(=O)CCC)cc(C(=O)CCC)c2cccc(C(=O)CCC)c12. The van der Waals surface area contributed by atoms with Gasteiger partial charge in [-0.15, -0.1) is 0 Å². The molecule has 137 valence electrons. The largest absolute Gasteiger partial charge is 0.294 e. The third-order valence-electron chi connectivity index (χ3n) is 4.60. The van der Waals surface area contributed by atoms with Gasteiger partial charge < -0.3 is 0 Å². The van der Waals surface area contributed by atoms with Crippen LogP contribution in [0.4, 0.5) is 0 Å². The number of rotatable bonds is 9. The fraction of sp³-hybridized carbons (Fsp3) is 0.391. The highest BCUT2D eigenvalue weighted by atomic mass is 16.1. The second-order valence-corrected chi connectivity index (χ2v) is 6.70. The van der Waals surface area contributed by atoms with Crippen LogP contribution in [-0.2, 0) is 0 Å². The zero-order chi connectivity index (χ0) is 19.3. The van der Waals surface area contributed by atoms with Crippen molar-refractivity contribution in [3.8, 4) is 0 Å². The number of carbonyl (C=O) groups excluding carboxylic acids is 3. The first-order valence-corrected chi connectivity index (χ1v) is 9.47. The number of hydrogen-bond donors (Lipinski definition) is 0. The molecule has 26 heavy (non-hydrogen) atoms. The summed E-state index contributed by atoms with van der Waals surface area (Å²) < 4.78 is 0.